The molecule has 3 nitrogen and oxygen atoms in total. The molecule has 5 heteroatoms. The smallest absolute Gasteiger partial charge is 0.141 e. The highest BCUT2D eigenvalue weighted by Gasteiger charge is 2.08. The number of halogens is 1. The summed E-state index contributed by atoms with van der Waals surface area (Å²) in [5, 5.41) is 0. The lowest BCUT2D eigenvalue weighted by Gasteiger charge is -2.07. The first-order valence-electron chi connectivity index (χ1n) is 3.33. The van der Waals surface area contributed by atoms with Crippen LogP contribution >= 0.6 is 0 Å². The van der Waals surface area contributed by atoms with Gasteiger partial charge in [0.15, 0.2) is 0 Å². The zero-order chi connectivity index (χ0) is 10.1. The quantitative estimate of drug-likeness (QED) is 0.679. The third-order valence-corrected chi connectivity index (χ3v) is 2.33. The van der Waals surface area contributed by atoms with Gasteiger partial charge in [-0.05, 0) is 17.7 Å². The molecular weight excluding hydrogens is 195 g/mol. The Labute approximate surface area is 75.3 Å². The lowest BCUT2D eigenvalue weighted by molar-refractivity contribution is 0.455. The standard InChI is InChI=1S/C8H7FO3S/c1-2-6-3-4-8(7(9)5-6)13(10,11)12/h2-5H,1H2,(H,10,11,12)/p-1. The molecule has 0 aliphatic carbocycles. The molecule has 0 atom stereocenters. The molecule has 0 bridgehead atoms. The van der Waals surface area contributed by atoms with Crippen molar-refractivity contribution in [2.24, 2.45) is 0 Å². The van der Waals surface area contributed by atoms with Crippen molar-refractivity contribution in [3.05, 3.63) is 36.2 Å². The van der Waals surface area contributed by atoms with Crippen molar-refractivity contribution in [3.63, 3.8) is 0 Å². The first kappa shape index (κ1) is 9.88. The lowest BCUT2D eigenvalue weighted by Crippen LogP contribution is -2.01. The second-order valence-corrected chi connectivity index (χ2v) is 3.70. The highest BCUT2D eigenvalue weighted by atomic mass is 32.2. The van der Waals surface area contributed by atoms with Crippen molar-refractivity contribution in [3.8, 4) is 0 Å². The number of rotatable bonds is 2. The van der Waals surface area contributed by atoms with Gasteiger partial charge in [-0.2, -0.15) is 0 Å². The molecule has 0 N–H and O–H groups in total. The summed E-state index contributed by atoms with van der Waals surface area (Å²) >= 11 is 0. The molecular formula is C8H6FO3S-. The van der Waals surface area contributed by atoms with E-state index in [1.807, 2.05) is 0 Å². The van der Waals surface area contributed by atoms with E-state index in [1.54, 1.807) is 0 Å². The molecule has 0 aromatic heterocycles. The fourth-order valence-corrected chi connectivity index (χ4v) is 1.38. The van der Waals surface area contributed by atoms with Gasteiger partial charge in [0.05, 0.1) is 4.90 Å². The van der Waals surface area contributed by atoms with Gasteiger partial charge in [0.2, 0.25) is 0 Å². The van der Waals surface area contributed by atoms with Crippen LogP contribution in [0.2, 0.25) is 0 Å². The van der Waals surface area contributed by atoms with Crippen LogP contribution in [0.5, 0.6) is 0 Å². The summed E-state index contributed by atoms with van der Waals surface area (Å²) < 4.78 is 44.2. The van der Waals surface area contributed by atoms with Crippen molar-refractivity contribution >= 4 is 16.2 Å². The Balaban J connectivity index is 3.37. The molecule has 1 aromatic carbocycles. The Morgan fingerprint density at radius 3 is 2.46 bits per heavy atom. The average Bonchev–Trinajstić information content (AvgIpc) is 2.01. The monoisotopic (exact) mass is 201 g/mol. The van der Waals surface area contributed by atoms with Gasteiger partial charge in [-0.15, -0.1) is 0 Å². The molecule has 1 rings (SSSR count). The molecule has 13 heavy (non-hydrogen) atoms. The highest BCUT2D eigenvalue weighted by Crippen LogP contribution is 2.15. The SMILES string of the molecule is C=Cc1ccc(S(=O)(=O)[O-])c(F)c1. The topological polar surface area (TPSA) is 57.2 Å². The average molecular weight is 201 g/mol. The minimum absolute atomic E-state index is 0.421. The third-order valence-electron chi connectivity index (χ3n) is 1.46. The summed E-state index contributed by atoms with van der Waals surface area (Å²) in [5.74, 6) is -1.05. The Morgan fingerprint density at radius 1 is 1.46 bits per heavy atom. The van der Waals surface area contributed by atoms with Gasteiger partial charge in [-0.3, -0.25) is 0 Å². The Hall–Kier alpha value is -1.20. The zero-order valence-corrected chi connectivity index (χ0v) is 7.34. The van der Waals surface area contributed by atoms with Crippen molar-refractivity contribution in [2.45, 2.75) is 4.90 Å². The number of hydrogen-bond donors (Lipinski definition) is 0. The fourth-order valence-electron chi connectivity index (χ4n) is 0.847. The van der Waals surface area contributed by atoms with E-state index in [2.05, 4.69) is 6.58 Å². The Bertz CT molecular complexity index is 437. The van der Waals surface area contributed by atoms with Gasteiger partial charge in [0.25, 0.3) is 0 Å². The van der Waals surface area contributed by atoms with Crippen LogP contribution in [0.25, 0.3) is 6.08 Å². The van der Waals surface area contributed by atoms with Crippen molar-refractivity contribution in [2.75, 3.05) is 0 Å². The second-order valence-electron chi connectivity index (χ2n) is 2.35. The van der Waals surface area contributed by atoms with Gasteiger partial charge < -0.3 is 4.55 Å². The van der Waals surface area contributed by atoms with Gasteiger partial charge >= 0.3 is 0 Å². The molecule has 0 saturated carbocycles. The predicted molar refractivity (Wildman–Crippen MR) is 44.5 cm³/mol. The van der Waals surface area contributed by atoms with E-state index in [9.17, 15) is 17.4 Å². The second kappa shape index (κ2) is 3.27. The van der Waals surface area contributed by atoms with Crippen LogP contribution in [0.15, 0.2) is 29.7 Å². The van der Waals surface area contributed by atoms with Crippen LogP contribution in [0.4, 0.5) is 4.39 Å². The van der Waals surface area contributed by atoms with E-state index in [0.717, 1.165) is 12.1 Å². The molecule has 0 heterocycles. The maximum atomic E-state index is 12.9. The third kappa shape index (κ3) is 2.13. The van der Waals surface area contributed by atoms with Gasteiger partial charge in [-0.25, -0.2) is 12.8 Å². The predicted octanol–water partition coefficient (Wildman–Crippen LogP) is 1.37. The van der Waals surface area contributed by atoms with E-state index in [0.29, 0.717) is 5.56 Å². The minimum Gasteiger partial charge on any atom is -0.744 e. The van der Waals surface area contributed by atoms with Crippen LogP contribution in [0, 0.1) is 5.82 Å². The first-order chi connectivity index (χ1) is 5.95. The van der Waals surface area contributed by atoms with Crippen LogP contribution in [-0.2, 0) is 10.1 Å². The maximum Gasteiger partial charge on any atom is 0.141 e. The summed E-state index contributed by atoms with van der Waals surface area (Å²) in [7, 11) is -4.72. The molecule has 0 unspecified atom stereocenters. The van der Waals surface area contributed by atoms with E-state index >= 15 is 0 Å². The summed E-state index contributed by atoms with van der Waals surface area (Å²) in [6.07, 6.45) is 1.35. The van der Waals surface area contributed by atoms with E-state index in [1.165, 1.54) is 12.1 Å². The molecule has 0 spiro atoms. The largest absolute Gasteiger partial charge is 0.744 e. The van der Waals surface area contributed by atoms with Crippen LogP contribution in [-0.4, -0.2) is 13.0 Å². The van der Waals surface area contributed by atoms with E-state index in [-0.39, 0.29) is 0 Å². The van der Waals surface area contributed by atoms with Gasteiger partial charge in [0.1, 0.15) is 15.9 Å². The van der Waals surface area contributed by atoms with Crippen molar-refractivity contribution < 1.29 is 17.4 Å². The van der Waals surface area contributed by atoms with Crippen molar-refractivity contribution in [1.29, 1.82) is 0 Å². The molecule has 70 valence electrons. The number of hydrogen-bond acceptors (Lipinski definition) is 3. The molecule has 0 aliphatic heterocycles. The molecule has 0 radical (unpaired) electrons. The minimum atomic E-state index is -4.72. The Kier molecular flexibility index (Phi) is 2.49. The highest BCUT2D eigenvalue weighted by molar-refractivity contribution is 7.85. The summed E-state index contributed by atoms with van der Waals surface area (Å²) in [5.41, 5.74) is 0.421. The van der Waals surface area contributed by atoms with E-state index < -0.39 is 20.8 Å². The molecule has 0 fully saturated rings. The summed E-state index contributed by atoms with van der Waals surface area (Å²) in [6.45, 7) is 3.37. The molecule has 0 amide bonds. The van der Waals surface area contributed by atoms with Crippen LogP contribution in [0.3, 0.4) is 0 Å². The lowest BCUT2D eigenvalue weighted by atomic mass is 10.2. The maximum absolute atomic E-state index is 12.9. The van der Waals surface area contributed by atoms with Gasteiger partial charge in [0, 0.05) is 0 Å². The first-order valence-corrected chi connectivity index (χ1v) is 4.74. The molecule has 1 aromatic rings. The zero-order valence-electron chi connectivity index (χ0n) is 6.53. The van der Waals surface area contributed by atoms with Crippen LogP contribution in [0.1, 0.15) is 5.56 Å². The molecule has 0 saturated heterocycles. The van der Waals surface area contributed by atoms with E-state index in [4.69, 9.17) is 0 Å². The number of benzene rings is 1. The normalized spacial score (nSPS) is 11.2. The summed E-state index contributed by atoms with van der Waals surface area (Å²) in [4.78, 5) is -0.835. The van der Waals surface area contributed by atoms with Crippen LogP contribution < -0.4 is 0 Å². The Morgan fingerprint density at radius 2 is 2.08 bits per heavy atom. The fraction of sp³-hybridized carbons (Fsp3) is 0. The van der Waals surface area contributed by atoms with Gasteiger partial charge in [-0.1, -0.05) is 18.7 Å². The summed E-state index contributed by atoms with van der Waals surface area (Å²) in [6, 6.07) is 3.17. The molecule has 0 aliphatic rings. The van der Waals surface area contributed by atoms with Crippen molar-refractivity contribution in [1.82, 2.24) is 0 Å².